The van der Waals surface area contributed by atoms with E-state index in [0.29, 0.717) is 13.0 Å². The SMILES string of the molecule is CC(C)C(CS(=O)(=O)c1ccccc1)C(=O)CC1Cc2ccncc2CCNC(=O)C1=O. The van der Waals surface area contributed by atoms with Gasteiger partial charge in [-0.2, -0.15) is 0 Å². The lowest BCUT2D eigenvalue weighted by Crippen LogP contribution is -2.38. The third kappa shape index (κ3) is 5.68. The molecule has 2 heterocycles. The van der Waals surface area contributed by atoms with E-state index in [9.17, 15) is 22.8 Å². The highest BCUT2D eigenvalue weighted by Crippen LogP contribution is 2.25. The van der Waals surface area contributed by atoms with Crippen LogP contribution >= 0.6 is 0 Å². The van der Waals surface area contributed by atoms with Crippen molar-refractivity contribution in [2.24, 2.45) is 17.8 Å². The predicted octanol–water partition coefficient (Wildman–Crippen LogP) is 2.19. The molecule has 2 unspecified atom stereocenters. The van der Waals surface area contributed by atoms with Gasteiger partial charge in [-0.1, -0.05) is 32.0 Å². The summed E-state index contributed by atoms with van der Waals surface area (Å²) in [5, 5.41) is 2.61. The number of amides is 1. The molecule has 170 valence electrons. The fraction of sp³-hybridized carbons (Fsp3) is 0.417. The normalized spacial score (nSPS) is 18.2. The first-order valence-electron chi connectivity index (χ1n) is 10.7. The molecule has 1 amide bonds. The second-order valence-electron chi connectivity index (χ2n) is 8.53. The number of hydrogen-bond acceptors (Lipinski definition) is 6. The lowest BCUT2D eigenvalue weighted by atomic mass is 9.83. The highest BCUT2D eigenvalue weighted by molar-refractivity contribution is 7.91. The third-order valence-corrected chi connectivity index (χ3v) is 7.70. The second kappa shape index (κ2) is 10.2. The summed E-state index contributed by atoms with van der Waals surface area (Å²) in [5.41, 5.74) is 1.80. The number of sulfone groups is 1. The molecule has 0 fully saturated rings. The topological polar surface area (TPSA) is 110 Å². The Morgan fingerprint density at radius 1 is 1.12 bits per heavy atom. The van der Waals surface area contributed by atoms with E-state index in [1.54, 1.807) is 50.5 Å². The molecular formula is C24H28N2O5S. The number of aromatic nitrogens is 1. The van der Waals surface area contributed by atoms with E-state index in [1.165, 1.54) is 12.1 Å². The number of carbonyl (C=O) groups excluding carboxylic acids is 3. The minimum absolute atomic E-state index is 0.165. The van der Waals surface area contributed by atoms with Gasteiger partial charge in [0.25, 0.3) is 5.91 Å². The molecule has 1 N–H and O–H groups in total. The van der Waals surface area contributed by atoms with Gasteiger partial charge in [0.15, 0.2) is 9.84 Å². The molecule has 0 spiro atoms. The zero-order valence-electron chi connectivity index (χ0n) is 18.3. The van der Waals surface area contributed by atoms with E-state index in [-0.39, 0.29) is 35.2 Å². The molecule has 0 saturated heterocycles. The van der Waals surface area contributed by atoms with E-state index in [4.69, 9.17) is 0 Å². The van der Waals surface area contributed by atoms with Crippen LogP contribution in [0.3, 0.4) is 0 Å². The molecule has 2 atom stereocenters. The number of hydrogen-bond donors (Lipinski definition) is 1. The zero-order valence-corrected chi connectivity index (χ0v) is 19.1. The number of Topliss-reactive ketones (excluding diaryl/α,β-unsaturated/α-hetero) is 2. The average molecular weight is 457 g/mol. The Morgan fingerprint density at radius 2 is 1.84 bits per heavy atom. The zero-order chi connectivity index (χ0) is 23.3. The number of rotatable bonds is 7. The van der Waals surface area contributed by atoms with E-state index in [1.807, 2.05) is 0 Å². The molecule has 32 heavy (non-hydrogen) atoms. The Morgan fingerprint density at radius 3 is 2.53 bits per heavy atom. The Bertz CT molecular complexity index is 1100. The van der Waals surface area contributed by atoms with Crippen molar-refractivity contribution in [2.75, 3.05) is 12.3 Å². The minimum Gasteiger partial charge on any atom is -0.349 e. The molecule has 0 aliphatic carbocycles. The van der Waals surface area contributed by atoms with Gasteiger partial charge in [-0.25, -0.2) is 8.42 Å². The lowest BCUT2D eigenvalue weighted by Gasteiger charge is -2.22. The Hall–Kier alpha value is -2.87. The summed E-state index contributed by atoms with van der Waals surface area (Å²) in [4.78, 5) is 42.6. The molecule has 1 aromatic heterocycles. The summed E-state index contributed by atoms with van der Waals surface area (Å²) in [6.07, 6.45) is 3.94. The number of ketones is 2. The molecule has 2 aromatic rings. The van der Waals surface area contributed by atoms with Crippen LogP contribution < -0.4 is 5.32 Å². The molecule has 0 radical (unpaired) electrons. The van der Waals surface area contributed by atoms with Gasteiger partial charge in [-0.3, -0.25) is 19.4 Å². The molecule has 1 aromatic carbocycles. The van der Waals surface area contributed by atoms with Gasteiger partial charge < -0.3 is 5.32 Å². The van der Waals surface area contributed by atoms with Crippen molar-refractivity contribution in [3.8, 4) is 0 Å². The van der Waals surface area contributed by atoms with E-state index < -0.39 is 33.4 Å². The Balaban J connectivity index is 1.84. The predicted molar refractivity (Wildman–Crippen MR) is 120 cm³/mol. The number of nitrogens with zero attached hydrogens (tertiary/aromatic N) is 1. The molecule has 0 saturated carbocycles. The Labute approximate surface area is 188 Å². The second-order valence-corrected chi connectivity index (χ2v) is 10.6. The highest BCUT2D eigenvalue weighted by atomic mass is 32.2. The monoisotopic (exact) mass is 456 g/mol. The third-order valence-electron chi connectivity index (χ3n) is 5.91. The summed E-state index contributed by atoms with van der Waals surface area (Å²) in [5.74, 6) is -3.86. The number of fused-ring (bicyclic) bond motifs is 1. The van der Waals surface area contributed by atoms with Crippen LogP contribution in [0.1, 0.15) is 31.4 Å². The van der Waals surface area contributed by atoms with Gasteiger partial charge >= 0.3 is 0 Å². The number of pyridine rings is 1. The fourth-order valence-electron chi connectivity index (χ4n) is 4.00. The van der Waals surface area contributed by atoms with Crippen LogP contribution in [0.15, 0.2) is 53.7 Å². The summed E-state index contributed by atoms with van der Waals surface area (Å²) in [6, 6.07) is 9.82. The van der Waals surface area contributed by atoms with E-state index in [2.05, 4.69) is 10.3 Å². The van der Waals surface area contributed by atoms with Crippen LogP contribution in [0.25, 0.3) is 0 Å². The highest BCUT2D eigenvalue weighted by Gasteiger charge is 2.34. The van der Waals surface area contributed by atoms with Crippen molar-refractivity contribution in [1.29, 1.82) is 0 Å². The molecule has 0 bridgehead atoms. The van der Waals surface area contributed by atoms with Crippen LogP contribution in [-0.2, 0) is 37.1 Å². The van der Waals surface area contributed by atoms with Gasteiger partial charge in [-0.05, 0) is 48.1 Å². The average Bonchev–Trinajstić information content (AvgIpc) is 2.82. The smallest absolute Gasteiger partial charge is 0.287 e. The summed E-state index contributed by atoms with van der Waals surface area (Å²) in [7, 11) is -3.68. The standard InChI is InChI=1S/C24H28N2O5S/c1-16(2)21(15-32(30,31)20-6-4-3-5-7-20)22(27)13-19-12-17-8-10-25-14-18(17)9-11-26-24(29)23(19)28/h3-8,10,14,16,19,21H,9,11-13,15H2,1-2H3,(H,26,29). The lowest BCUT2D eigenvalue weighted by molar-refractivity contribution is -0.141. The van der Waals surface area contributed by atoms with Crippen molar-refractivity contribution in [3.05, 3.63) is 59.9 Å². The van der Waals surface area contributed by atoms with Crippen LogP contribution in [0, 0.1) is 17.8 Å². The van der Waals surface area contributed by atoms with Crippen LogP contribution in [0.4, 0.5) is 0 Å². The maximum Gasteiger partial charge on any atom is 0.287 e. The summed E-state index contributed by atoms with van der Waals surface area (Å²) in [6.45, 7) is 3.90. The number of benzene rings is 1. The van der Waals surface area contributed by atoms with Crippen molar-refractivity contribution < 1.29 is 22.8 Å². The van der Waals surface area contributed by atoms with Gasteiger partial charge in [0.05, 0.1) is 10.6 Å². The van der Waals surface area contributed by atoms with Crippen molar-refractivity contribution in [3.63, 3.8) is 0 Å². The number of nitrogens with one attached hydrogen (secondary N) is 1. The molecule has 8 heteroatoms. The van der Waals surface area contributed by atoms with E-state index in [0.717, 1.165) is 11.1 Å². The van der Waals surface area contributed by atoms with Crippen molar-refractivity contribution >= 4 is 27.3 Å². The largest absolute Gasteiger partial charge is 0.349 e. The number of carbonyl (C=O) groups is 3. The molecule has 1 aliphatic rings. The first-order valence-corrected chi connectivity index (χ1v) is 12.4. The van der Waals surface area contributed by atoms with Crippen LogP contribution in [-0.4, -0.2) is 43.2 Å². The molecule has 1 aliphatic heterocycles. The maximum absolute atomic E-state index is 13.2. The molecule has 7 nitrogen and oxygen atoms in total. The first kappa shape index (κ1) is 23.8. The summed E-state index contributed by atoms with van der Waals surface area (Å²) < 4.78 is 25.8. The first-order chi connectivity index (χ1) is 15.2. The van der Waals surface area contributed by atoms with Gasteiger partial charge in [-0.15, -0.1) is 0 Å². The maximum atomic E-state index is 13.2. The quantitative estimate of drug-likeness (QED) is 0.640. The van der Waals surface area contributed by atoms with Gasteiger partial charge in [0.1, 0.15) is 5.78 Å². The van der Waals surface area contributed by atoms with Crippen LogP contribution in [0.2, 0.25) is 0 Å². The van der Waals surface area contributed by atoms with Crippen molar-refractivity contribution in [2.45, 2.75) is 38.0 Å². The van der Waals surface area contributed by atoms with Crippen LogP contribution in [0.5, 0.6) is 0 Å². The van der Waals surface area contributed by atoms with Gasteiger partial charge in [0.2, 0.25) is 5.78 Å². The minimum atomic E-state index is -3.68. The van der Waals surface area contributed by atoms with Crippen molar-refractivity contribution in [1.82, 2.24) is 10.3 Å². The Kier molecular flexibility index (Phi) is 7.56. The molecule has 3 rings (SSSR count). The fourth-order valence-corrected chi connectivity index (χ4v) is 5.81. The summed E-state index contributed by atoms with van der Waals surface area (Å²) >= 11 is 0. The van der Waals surface area contributed by atoms with Gasteiger partial charge in [0, 0.05) is 37.2 Å². The molecular weight excluding hydrogens is 428 g/mol. The van der Waals surface area contributed by atoms with E-state index >= 15 is 0 Å².